The van der Waals surface area contributed by atoms with Crippen LogP contribution in [0.2, 0.25) is 0 Å². The van der Waals surface area contributed by atoms with Crippen molar-refractivity contribution in [1.82, 2.24) is 0 Å². The fourth-order valence-electron chi connectivity index (χ4n) is 2.75. The number of Topliss-reactive ketones (excluding diaryl/α,β-unsaturated/α-hetero) is 1. The third-order valence-electron chi connectivity index (χ3n) is 4.37. The second-order valence-corrected chi connectivity index (χ2v) is 7.27. The van der Waals surface area contributed by atoms with Crippen molar-refractivity contribution in [3.05, 3.63) is 94.0 Å². The first-order chi connectivity index (χ1) is 14.1. The predicted molar refractivity (Wildman–Crippen MR) is 116 cm³/mol. The fraction of sp³-hybridized carbons (Fsp3) is 0.167. The molecule has 0 bridgehead atoms. The molecule has 0 aromatic heterocycles. The van der Waals surface area contributed by atoms with Crippen LogP contribution in [0, 0.1) is 0 Å². The molecule has 0 amide bonds. The molecule has 0 saturated carbocycles. The Hall–Kier alpha value is -2.92. The molecule has 0 unspecified atom stereocenters. The van der Waals surface area contributed by atoms with E-state index in [-0.39, 0.29) is 5.78 Å². The zero-order valence-corrected chi connectivity index (χ0v) is 17.6. The molecule has 0 fully saturated rings. The molecule has 3 aromatic rings. The van der Waals surface area contributed by atoms with Gasteiger partial charge in [-0.3, -0.25) is 4.79 Å². The van der Waals surface area contributed by atoms with E-state index in [9.17, 15) is 9.59 Å². The molecule has 148 valence electrons. The van der Waals surface area contributed by atoms with Crippen LogP contribution < -0.4 is 9.47 Å². The van der Waals surface area contributed by atoms with Crippen molar-refractivity contribution in [2.24, 2.45) is 0 Å². The Balaban J connectivity index is 1.58. The standard InChI is InChI=1S/C24H21BrO4/c1-2-22(26)18-8-11-20(12-9-18)29-24(27)19-10-13-23(21(25)16-19)28-15-14-17-6-4-3-5-7-17/h3-13,16H,2,14-15H2,1H3. The molecule has 0 saturated heterocycles. The third kappa shape index (κ3) is 5.78. The number of hydrogen-bond donors (Lipinski definition) is 0. The highest BCUT2D eigenvalue weighted by Gasteiger charge is 2.12. The van der Waals surface area contributed by atoms with Gasteiger partial charge in [-0.2, -0.15) is 0 Å². The van der Waals surface area contributed by atoms with Crippen LogP contribution in [-0.4, -0.2) is 18.4 Å². The van der Waals surface area contributed by atoms with Crippen LogP contribution >= 0.6 is 15.9 Å². The molecule has 0 aliphatic carbocycles. The number of benzene rings is 3. The Bertz CT molecular complexity index is 982. The van der Waals surface area contributed by atoms with Crippen LogP contribution in [0.25, 0.3) is 0 Å². The van der Waals surface area contributed by atoms with Crippen LogP contribution in [0.15, 0.2) is 77.3 Å². The number of ketones is 1. The van der Waals surface area contributed by atoms with Crippen LogP contribution in [0.5, 0.6) is 11.5 Å². The van der Waals surface area contributed by atoms with Crippen LogP contribution in [0.1, 0.15) is 39.6 Å². The van der Waals surface area contributed by atoms with E-state index in [4.69, 9.17) is 9.47 Å². The van der Waals surface area contributed by atoms with E-state index in [0.29, 0.717) is 40.1 Å². The highest BCUT2D eigenvalue weighted by atomic mass is 79.9. The van der Waals surface area contributed by atoms with Gasteiger partial charge in [0, 0.05) is 18.4 Å². The maximum atomic E-state index is 12.4. The number of hydrogen-bond acceptors (Lipinski definition) is 4. The van der Waals surface area contributed by atoms with Gasteiger partial charge in [-0.25, -0.2) is 4.79 Å². The van der Waals surface area contributed by atoms with Gasteiger partial charge in [-0.1, -0.05) is 37.3 Å². The van der Waals surface area contributed by atoms with E-state index in [0.717, 1.165) is 6.42 Å². The van der Waals surface area contributed by atoms with E-state index < -0.39 is 5.97 Å². The minimum Gasteiger partial charge on any atom is -0.492 e. The first-order valence-corrected chi connectivity index (χ1v) is 10.2. The molecule has 29 heavy (non-hydrogen) atoms. The largest absolute Gasteiger partial charge is 0.492 e. The highest BCUT2D eigenvalue weighted by Crippen LogP contribution is 2.27. The zero-order valence-electron chi connectivity index (χ0n) is 16.1. The van der Waals surface area contributed by atoms with E-state index in [1.807, 2.05) is 25.1 Å². The zero-order chi connectivity index (χ0) is 20.6. The smallest absolute Gasteiger partial charge is 0.343 e. The van der Waals surface area contributed by atoms with E-state index in [1.54, 1.807) is 42.5 Å². The maximum absolute atomic E-state index is 12.4. The van der Waals surface area contributed by atoms with E-state index >= 15 is 0 Å². The summed E-state index contributed by atoms with van der Waals surface area (Å²) in [7, 11) is 0. The van der Waals surface area contributed by atoms with Crippen molar-refractivity contribution in [2.45, 2.75) is 19.8 Å². The van der Waals surface area contributed by atoms with Crippen molar-refractivity contribution < 1.29 is 19.1 Å². The topological polar surface area (TPSA) is 52.6 Å². The van der Waals surface area contributed by atoms with Crippen LogP contribution in [-0.2, 0) is 6.42 Å². The second kappa shape index (κ2) is 10.0. The van der Waals surface area contributed by atoms with Gasteiger partial charge in [-0.05, 0) is 64.0 Å². The summed E-state index contributed by atoms with van der Waals surface area (Å²) in [6.45, 7) is 2.35. The van der Waals surface area contributed by atoms with Crippen molar-refractivity contribution in [1.29, 1.82) is 0 Å². The average Bonchev–Trinajstić information content (AvgIpc) is 2.75. The van der Waals surface area contributed by atoms with Gasteiger partial charge in [0.05, 0.1) is 16.6 Å². The van der Waals surface area contributed by atoms with Crippen LogP contribution in [0.3, 0.4) is 0 Å². The molecule has 0 aliphatic rings. The van der Waals surface area contributed by atoms with Crippen LogP contribution in [0.4, 0.5) is 0 Å². The molecule has 3 rings (SSSR count). The predicted octanol–water partition coefficient (Wildman–Crippen LogP) is 5.88. The molecule has 0 atom stereocenters. The Morgan fingerprint density at radius 1 is 0.897 bits per heavy atom. The molecular formula is C24H21BrO4. The molecular weight excluding hydrogens is 432 g/mol. The molecule has 0 spiro atoms. The van der Waals surface area contributed by atoms with Gasteiger partial charge in [-0.15, -0.1) is 0 Å². The average molecular weight is 453 g/mol. The Morgan fingerprint density at radius 3 is 2.24 bits per heavy atom. The lowest BCUT2D eigenvalue weighted by Crippen LogP contribution is -2.09. The van der Waals surface area contributed by atoms with Gasteiger partial charge in [0.25, 0.3) is 0 Å². The first kappa shape index (κ1) is 20.8. The summed E-state index contributed by atoms with van der Waals surface area (Å²) in [5.74, 6) is 0.632. The lowest BCUT2D eigenvalue weighted by atomic mass is 10.1. The molecule has 5 heteroatoms. The summed E-state index contributed by atoms with van der Waals surface area (Å²) >= 11 is 3.45. The number of halogens is 1. The number of rotatable bonds is 8. The van der Waals surface area contributed by atoms with Gasteiger partial charge >= 0.3 is 5.97 Å². The van der Waals surface area contributed by atoms with Gasteiger partial charge in [0.1, 0.15) is 11.5 Å². The highest BCUT2D eigenvalue weighted by molar-refractivity contribution is 9.10. The van der Waals surface area contributed by atoms with E-state index in [2.05, 4.69) is 28.1 Å². The number of carbonyl (C=O) groups is 2. The maximum Gasteiger partial charge on any atom is 0.343 e. The monoisotopic (exact) mass is 452 g/mol. The van der Waals surface area contributed by atoms with Crippen molar-refractivity contribution in [3.8, 4) is 11.5 Å². The Kier molecular flexibility index (Phi) is 7.19. The lowest BCUT2D eigenvalue weighted by Gasteiger charge is -2.10. The van der Waals surface area contributed by atoms with Gasteiger partial charge < -0.3 is 9.47 Å². The summed E-state index contributed by atoms with van der Waals surface area (Å²) in [6.07, 6.45) is 1.24. The quantitative estimate of drug-likeness (QED) is 0.243. The van der Waals surface area contributed by atoms with Crippen molar-refractivity contribution in [3.63, 3.8) is 0 Å². The summed E-state index contributed by atoms with van der Waals surface area (Å²) < 4.78 is 11.9. The van der Waals surface area contributed by atoms with Crippen molar-refractivity contribution >= 4 is 27.7 Å². The molecule has 0 radical (unpaired) electrons. The summed E-state index contributed by atoms with van der Waals surface area (Å²) in [6, 6.07) is 21.8. The molecule has 0 heterocycles. The second-order valence-electron chi connectivity index (χ2n) is 6.42. The fourth-order valence-corrected chi connectivity index (χ4v) is 3.24. The number of esters is 1. The molecule has 3 aromatic carbocycles. The Labute approximate surface area is 178 Å². The third-order valence-corrected chi connectivity index (χ3v) is 4.99. The molecule has 4 nitrogen and oxygen atoms in total. The summed E-state index contributed by atoms with van der Waals surface area (Å²) in [5.41, 5.74) is 2.21. The minimum absolute atomic E-state index is 0.0506. The van der Waals surface area contributed by atoms with Crippen molar-refractivity contribution in [2.75, 3.05) is 6.61 Å². The SMILES string of the molecule is CCC(=O)c1ccc(OC(=O)c2ccc(OCCc3ccccc3)c(Br)c2)cc1. The molecule has 0 aliphatic heterocycles. The number of ether oxygens (including phenoxy) is 2. The lowest BCUT2D eigenvalue weighted by molar-refractivity contribution is 0.0734. The molecule has 0 N–H and O–H groups in total. The summed E-state index contributed by atoms with van der Waals surface area (Å²) in [5, 5.41) is 0. The van der Waals surface area contributed by atoms with E-state index in [1.165, 1.54) is 5.56 Å². The van der Waals surface area contributed by atoms with Gasteiger partial charge in [0.15, 0.2) is 5.78 Å². The summed E-state index contributed by atoms with van der Waals surface area (Å²) in [4.78, 5) is 24.1. The normalized spacial score (nSPS) is 10.4. The minimum atomic E-state index is -0.476. The Morgan fingerprint density at radius 2 is 1.59 bits per heavy atom. The van der Waals surface area contributed by atoms with Gasteiger partial charge in [0.2, 0.25) is 0 Å². The first-order valence-electron chi connectivity index (χ1n) is 9.38. The number of carbonyl (C=O) groups excluding carboxylic acids is 2.